The fraction of sp³-hybridized carbons (Fsp3) is 0.269. The van der Waals surface area contributed by atoms with E-state index in [2.05, 4.69) is 0 Å². The van der Waals surface area contributed by atoms with E-state index in [1.165, 1.54) is 30.3 Å². The summed E-state index contributed by atoms with van der Waals surface area (Å²) in [7, 11) is 0. The van der Waals surface area contributed by atoms with Gasteiger partial charge < -0.3 is 9.84 Å². The molecule has 9 heteroatoms. The Bertz CT molecular complexity index is 1180. The van der Waals surface area contributed by atoms with E-state index >= 15 is 0 Å². The van der Waals surface area contributed by atoms with Crippen molar-refractivity contribution in [1.29, 1.82) is 0 Å². The summed E-state index contributed by atoms with van der Waals surface area (Å²) in [5, 5.41) is 9.80. The number of carboxylic acids is 1. The highest BCUT2D eigenvalue weighted by Crippen LogP contribution is 2.46. The van der Waals surface area contributed by atoms with Crippen molar-refractivity contribution in [3.05, 3.63) is 83.4 Å². The minimum Gasteiger partial charge on any atom is -0.481 e. The van der Waals surface area contributed by atoms with Crippen molar-refractivity contribution in [2.45, 2.75) is 38.5 Å². The standard InChI is InChI=1S/C26H22F6O3/c1-15(2)11-22(24(33)34)21-14-19(35-18-10-6-9-17(12-18)25(27,28)29)13-20(23(21)26(30,31)32)16-7-4-3-5-8-16/h3-10,12-15,22H,11H2,1-2H3,(H,33,34). The molecule has 0 aliphatic rings. The number of alkyl halides is 6. The van der Waals surface area contributed by atoms with Crippen LogP contribution in [0.1, 0.15) is 42.9 Å². The van der Waals surface area contributed by atoms with Crippen LogP contribution < -0.4 is 4.74 Å². The molecule has 3 nitrogen and oxygen atoms in total. The molecule has 1 N–H and O–H groups in total. The van der Waals surface area contributed by atoms with Crippen LogP contribution in [0, 0.1) is 5.92 Å². The van der Waals surface area contributed by atoms with Gasteiger partial charge in [0, 0.05) is 0 Å². The van der Waals surface area contributed by atoms with Crippen LogP contribution in [0.3, 0.4) is 0 Å². The maximum absolute atomic E-state index is 14.3. The molecular formula is C26H22F6O3. The Morgan fingerprint density at radius 1 is 0.857 bits per heavy atom. The van der Waals surface area contributed by atoms with Crippen LogP contribution >= 0.6 is 0 Å². The smallest absolute Gasteiger partial charge is 0.417 e. The van der Waals surface area contributed by atoms with Crippen LogP contribution in [0.4, 0.5) is 26.3 Å². The number of ether oxygens (including phenoxy) is 1. The van der Waals surface area contributed by atoms with E-state index in [1.54, 1.807) is 19.9 Å². The lowest BCUT2D eigenvalue weighted by Crippen LogP contribution is -2.20. The summed E-state index contributed by atoms with van der Waals surface area (Å²) in [5.41, 5.74) is -2.79. The molecule has 1 atom stereocenters. The first kappa shape index (κ1) is 26.1. The predicted molar refractivity (Wildman–Crippen MR) is 118 cm³/mol. The van der Waals surface area contributed by atoms with Gasteiger partial charge in [0.2, 0.25) is 0 Å². The van der Waals surface area contributed by atoms with E-state index in [-0.39, 0.29) is 35.0 Å². The van der Waals surface area contributed by atoms with Crippen molar-refractivity contribution in [3.8, 4) is 22.6 Å². The number of carbonyl (C=O) groups is 1. The molecule has 0 heterocycles. The van der Waals surface area contributed by atoms with E-state index in [0.717, 1.165) is 30.3 Å². The zero-order valence-corrected chi connectivity index (χ0v) is 18.7. The van der Waals surface area contributed by atoms with Gasteiger partial charge in [0.1, 0.15) is 11.5 Å². The van der Waals surface area contributed by atoms with Gasteiger partial charge in [-0.3, -0.25) is 4.79 Å². The van der Waals surface area contributed by atoms with Gasteiger partial charge in [-0.1, -0.05) is 50.2 Å². The Hall–Kier alpha value is -3.49. The van der Waals surface area contributed by atoms with Gasteiger partial charge in [0.25, 0.3) is 0 Å². The Morgan fingerprint density at radius 3 is 2.06 bits per heavy atom. The van der Waals surface area contributed by atoms with Crippen molar-refractivity contribution < 1.29 is 41.0 Å². The van der Waals surface area contributed by atoms with Crippen molar-refractivity contribution in [3.63, 3.8) is 0 Å². The second-order valence-corrected chi connectivity index (χ2v) is 8.45. The van der Waals surface area contributed by atoms with Crippen molar-refractivity contribution in [2.24, 2.45) is 5.92 Å². The van der Waals surface area contributed by atoms with Gasteiger partial charge in [0.05, 0.1) is 17.0 Å². The van der Waals surface area contributed by atoms with Crippen LogP contribution in [-0.4, -0.2) is 11.1 Å². The summed E-state index contributed by atoms with van der Waals surface area (Å²) in [6.07, 6.45) is -9.63. The molecule has 0 aliphatic heterocycles. The largest absolute Gasteiger partial charge is 0.481 e. The Balaban J connectivity index is 2.27. The fourth-order valence-corrected chi connectivity index (χ4v) is 3.84. The molecule has 3 aromatic rings. The minimum atomic E-state index is -4.90. The number of halogens is 6. The molecule has 0 aromatic heterocycles. The first-order valence-electron chi connectivity index (χ1n) is 10.7. The number of aliphatic carboxylic acids is 1. The molecule has 0 saturated heterocycles. The molecule has 0 aliphatic carbocycles. The van der Waals surface area contributed by atoms with Crippen LogP contribution in [-0.2, 0) is 17.1 Å². The van der Waals surface area contributed by atoms with E-state index in [1.807, 2.05) is 0 Å². The quantitative estimate of drug-likeness (QED) is 0.334. The highest BCUT2D eigenvalue weighted by Gasteiger charge is 2.40. The number of hydrogen-bond donors (Lipinski definition) is 1. The van der Waals surface area contributed by atoms with E-state index in [4.69, 9.17) is 4.74 Å². The lowest BCUT2D eigenvalue weighted by Gasteiger charge is -2.24. The van der Waals surface area contributed by atoms with Crippen molar-refractivity contribution >= 4 is 5.97 Å². The zero-order valence-electron chi connectivity index (χ0n) is 18.7. The maximum Gasteiger partial charge on any atom is 0.417 e. The summed E-state index contributed by atoms with van der Waals surface area (Å²) >= 11 is 0. The minimum absolute atomic E-state index is 0.0837. The lowest BCUT2D eigenvalue weighted by atomic mass is 9.84. The van der Waals surface area contributed by atoms with Gasteiger partial charge in [-0.05, 0) is 59.4 Å². The van der Waals surface area contributed by atoms with Gasteiger partial charge in [-0.2, -0.15) is 26.3 Å². The van der Waals surface area contributed by atoms with Crippen LogP contribution in [0.5, 0.6) is 11.5 Å². The molecule has 3 aromatic carbocycles. The predicted octanol–water partition coefficient (Wildman–Crippen LogP) is 8.40. The molecule has 186 valence electrons. The van der Waals surface area contributed by atoms with E-state index < -0.39 is 40.9 Å². The first-order chi connectivity index (χ1) is 16.3. The van der Waals surface area contributed by atoms with Gasteiger partial charge in [-0.25, -0.2) is 0 Å². The summed E-state index contributed by atoms with van der Waals surface area (Å²) in [4.78, 5) is 12.1. The van der Waals surface area contributed by atoms with Crippen molar-refractivity contribution in [1.82, 2.24) is 0 Å². The van der Waals surface area contributed by atoms with Crippen LogP contribution in [0.15, 0.2) is 66.7 Å². The van der Waals surface area contributed by atoms with Crippen LogP contribution in [0.25, 0.3) is 11.1 Å². The summed E-state index contributed by atoms with van der Waals surface area (Å²) in [5.74, 6) is -3.66. The molecule has 1 unspecified atom stereocenters. The summed E-state index contributed by atoms with van der Waals surface area (Å²) in [6.45, 7) is 3.37. The molecule has 0 amide bonds. The molecule has 0 bridgehead atoms. The third kappa shape index (κ3) is 6.35. The molecule has 0 spiro atoms. The zero-order chi connectivity index (χ0) is 26.0. The van der Waals surface area contributed by atoms with Gasteiger partial charge in [-0.15, -0.1) is 0 Å². The molecule has 35 heavy (non-hydrogen) atoms. The lowest BCUT2D eigenvalue weighted by molar-refractivity contribution is -0.142. The monoisotopic (exact) mass is 496 g/mol. The van der Waals surface area contributed by atoms with E-state index in [9.17, 15) is 36.2 Å². The average molecular weight is 496 g/mol. The Kier molecular flexibility index (Phi) is 7.47. The summed E-state index contributed by atoms with van der Waals surface area (Å²) in [6, 6.07) is 13.5. The SMILES string of the molecule is CC(C)CC(C(=O)O)c1cc(Oc2cccc(C(F)(F)F)c2)cc(-c2ccccc2)c1C(F)(F)F. The average Bonchev–Trinajstić information content (AvgIpc) is 2.76. The number of benzene rings is 3. The highest BCUT2D eigenvalue weighted by atomic mass is 19.4. The third-order valence-electron chi connectivity index (χ3n) is 5.29. The second-order valence-electron chi connectivity index (χ2n) is 8.45. The topological polar surface area (TPSA) is 46.5 Å². The highest BCUT2D eigenvalue weighted by molar-refractivity contribution is 5.80. The number of hydrogen-bond acceptors (Lipinski definition) is 2. The molecule has 0 fully saturated rings. The van der Waals surface area contributed by atoms with Crippen LogP contribution in [0.2, 0.25) is 0 Å². The molecule has 0 radical (unpaired) electrons. The van der Waals surface area contributed by atoms with Gasteiger partial charge >= 0.3 is 18.3 Å². The van der Waals surface area contributed by atoms with E-state index in [0.29, 0.717) is 0 Å². The maximum atomic E-state index is 14.3. The number of rotatable bonds is 7. The Morgan fingerprint density at radius 2 is 1.51 bits per heavy atom. The fourth-order valence-electron chi connectivity index (χ4n) is 3.84. The Labute approximate surface area is 198 Å². The molecule has 0 saturated carbocycles. The number of carboxylic acid groups (broad SMARTS) is 1. The second kappa shape index (κ2) is 10.0. The normalized spacial score (nSPS) is 13.1. The van der Waals surface area contributed by atoms with Gasteiger partial charge in [0.15, 0.2) is 0 Å². The third-order valence-corrected chi connectivity index (χ3v) is 5.29. The first-order valence-corrected chi connectivity index (χ1v) is 10.7. The molecular weight excluding hydrogens is 474 g/mol. The van der Waals surface area contributed by atoms with Crippen molar-refractivity contribution in [2.75, 3.05) is 0 Å². The molecule has 3 rings (SSSR count). The summed E-state index contributed by atoms with van der Waals surface area (Å²) < 4.78 is 87.9.